The third-order valence-corrected chi connectivity index (χ3v) is 5.38. The molecule has 0 aliphatic carbocycles. The summed E-state index contributed by atoms with van der Waals surface area (Å²) in [5.41, 5.74) is 1.63. The van der Waals surface area contributed by atoms with Crippen LogP contribution in [0.25, 0.3) is 0 Å². The molecule has 138 valence electrons. The van der Waals surface area contributed by atoms with Gasteiger partial charge in [-0.3, -0.25) is 9.69 Å². The second kappa shape index (κ2) is 8.84. The summed E-state index contributed by atoms with van der Waals surface area (Å²) in [7, 11) is 1.57. The Labute approximate surface area is 163 Å². The van der Waals surface area contributed by atoms with Gasteiger partial charge in [-0.2, -0.15) is 0 Å². The number of likely N-dealkylation sites (tertiary alicyclic amines) is 1. The zero-order valence-corrected chi connectivity index (χ0v) is 16.5. The summed E-state index contributed by atoms with van der Waals surface area (Å²) >= 11 is 7.61. The van der Waals surface area contributed by atoms with Crippen LogP contribution < -0.4 is 4.74 Å². The Bertz CT molecular complexity index is 770. The molecule has 0 N–H and O–H groups in total. The summed E-state index contributed by atoms with van der Waals surface area (Å²) in [5, 5.41) is 1.32. The first-order chi connectivity index (χ1) is 12.6. The number of methoxy groups -OCH3 is 1. The largest absolute Gasteiger partial charge is 0.496 e. The van der Waals surface area contributed by atoms with Crippen LogP contribution in [-0.4, -0.2) is 47.1 Å². The van der Waals surface area contributed by atoms with Crippen molar-refractivity contribution < 1.29 is 9.53 Å². The molecule has 1 unspecified atom stereocenters. The molecule has 5 nitrogen and oxygen atoms in total. The summed E-state index contributed by atoms with van der Waals surface area (Å²) < 4.78 is 5.34. The summed E-state index contributed by atoms with van der Waals surface area (Å²) in [6.07, 6.45) is 7.56. The van der Waals surface area contributed by atoms with Crippen molar-refractivity contribution in [2.75, 3.05) is 26.5 Å². The third-order valence-electron chi connectivity index (χ3n) is 4.57. The van der Waals surface area contributed by atoms with Crippen LogP contribution in [0.4, 0.5) is 0 Å². The molecule has 0 saturated carbocycles. The van der Waals surface area contributed by atoms with Crippen molar-refractivity contribution in [2.45, 2.75) is 24.5 Å². The first-order valence-electron chi connectivity index (χ1n) is 8.55. The first-order valence-corrected chi connectivity index (χ1v) is 10.2. The molecule has 0 amide bonds. The van der Waals surface area contributed by atoms with Crippen molar-refractivity contribution >= 4 is 29.1 Å². The van der Waals surface area contributed by atoms with Gasteiger partial charge in [0.15, 0.2) is 10.9 Å². The van der Waals surface area contributed by atoms with E-state index in [-0.39, 0.29) is 11.7 Å². The van der Waals surface area contributed by atoms with Crippen molar-refractivity contribution in [3.05, 3.63) is 46.7 Å². The van der Waals surface area contributed by atoms with Crippen molar-refractivity contribution in [1.29, 1.82) is 0 Å². The predicted molar refractivity (Wildman–Crippen MR) is 104 cm³/mol. The lowest BCUT2D eigenvalue weighted by atomic mass is 9.89. The summed E-state index contributed by atoms with van der Waals surface area (Å²) in [6, 6.07) is 5.19. The molecule has 1 aliphatic heterocycles. The minimum Gasteiger partial charge on any atom is -0.496 e. The summed E-state index contributed by atoms with van der Waals surface area (Å²) in [6.45, 7) is 2.45. The van der Waals surface area contributed by atoms with E-state index in [9.17, 15) is 4.79 Å². The fourth-order valence-electron chi connectivity index (χ4n) is 3.29. The molecule has 0 spiro atoms. The molecular formula is C19H22ClN3O2S. The number of hydrogen-bond acceptors (Lipinski definition) is 6. The number of halogens is 1. The highest BCUT2D eigenvalue weighted by atomic mass is 35.5. The van der Waals surface area contributed by atoms with Crippen LogP contribution in [0.5, 0.6) is 5.75 Å². The van der Waals surface area contributed by atoms with Crippen molar-refractivity contribution in [3.63, 3.8) is 0 Å². The van der Waals surface area contributed by atoms with E-state index < -0.39 is 0 Å². The maximum atomic E-state index is 13.0. The van der Waals surface area contributed by atoms with Gasteiger partial charge in [-0.15, -0.1) is 0 Å². The number of aromatic nitrogens is 2. The minimum atomic E-state index is -0.0532. The molecule has 1 aromatic heterocycles. The first kappa shape index (κ1) is 19.1. The zero-order valence-electron chi connectivity index (χ0n) is 14.9. The molecule has 3 rings (SSSR count). The van der Waals surface area contributed by atoms with E-state index in [1.54, 1.807) is 25.3 Å². The fraction of sp³-hybridized carbons (Fsp3) is 0.421. The molecule has 0 radical (unpaired) electrons. The number of Topliss-reactive ketones (excluding diaryl/α,β-unsaturated/α-hetero) is 1. The number of ketones is 1. The molecule has 1 saturated heterocycles. The van der Waals surface area contributed by atoms with Crippen LogP contribution in [0.1, 0.15) is 28.8 Å². The van der Waals surface area contributed by atoms with Crippen molar-refractivity contribution in [3.8, 4) is 5.75 Å². The number of piperidine rings is 1. The van der Waals surface area contributed by atoms with Gasteiger partial charge in [-0.05, 0) is 43.8 Å². The summed E-state index contributed by atoms with van der Waals surface area (Å²) in [4.78, 5) is 24.0. The molecule has 1 aliphatic rings. The second-order valence-corrected chi connectivity index (χ2v) is 7.57. The Morgan fingerprint density at radius 2 is 2.15 bits per heavy atom. The number of hydrogen-bond donors (Lipinski definition) is 0. The van der Waals surface area contributed by atoms with Crippen molar-refractivity contribution in [1.82, 2.24) is 14.9 Å². The van der Waals surface area contributed by atoms with Gasteiger partial charge >= 0.3 is 0 Å². The van der Waals surface area contributed by atoms with Crippen LogP contribution in [0, 0.1) is 5.92 Å². The number of thioether (sulfide) groups is 1. The van der Waals surface area contributed by atoms with Gasteiger partial charge in [0.2, 0.25) is 0 Å². The number of nitrogens with zero attached hydrogens (tertiary/aromatic N) is 3. The average Bonchev–Trinajstić information content (AvgIpc) is 2.68. The molecule has 2 aromatic rings. The highest BCUT2D eigenvalue weighted by molar-refractivity contribution is 7.98. The van der Waals surface area contributed by atoms with E-state index in [0.29, 0.717) is 16.3 Å². The molecule has 26 heavy (non-hydrogen) atoms. The Balaban J connectivity index is 1.69. The maximum Gasteiger partial charge on any atom is 0.187 e. The monoisotopic (exact) mass is 391 g/mol. The van der Waals surface area contributed by atoms with E-state index in [2.05, 4.69) is 14.9 Å². The molecule has 1 fully saturated rings. The molecule has 0 bridgehead atoms. The van der Waals surface area contributed by atoms with Gasteiger partial charge in [-0.1, -0.05) is 23.4 Å². The fourth-order valence-corrected chi connectivity index (χ4v) is 3.78. The lowest BCUT2D eigenvalue weighted by Gasteiger charge is -2.32. The van der Waals surface area contributed by atoms with Crippen LogP contribution in [-0.2, 0) is 6.54 Å². The van der Waals surface area contributed by atoms with Gasteiger partial charge in [0.05, 0.1) is 12.7 Å². The van der Waals surface area contributed by atoms with Crippen molar-refractivity contribution in [2.24, 2.45) is 5.92 Å². The number of benzene rings is 1. The van der Waals surface area contributed by atoms with E-state index in [1.807, 2.05) is 18.6 Å². The van der Waals surface area contributed by atoms with E-state index in [0.717, 1.165) is 43.2 Å². The smallest absolute Gasteiger partial charge is 0.187 e. The number of carbonyl (C=O) groups is 1. The molecule has 2 heterocycles. The van der Waals surface area contributed by atoms with Crippen LogP contribution >= 0.6 is 23.4 Å². The highest BCUT2D eigenvalue weighted by Crippen LogP contribution is 2.29. The topological polar surface area (TPSA) is 55.3 Å². The molecule has 7 heteroatoms. The normalized spacial score (nSPS) is 17.9. The van der Waals surface area contributed by atoms with Gasteiger partial charge in [0, 0.05) is 42.0 Å². The SMILES string of the molecule is COc1ccc(Cl)cc1C(=O)C1CCCN(Cc2cnc(SC)nc2)C1. The second-order valence-electron chi connectivity index (χ2n) is 6.36. The van der Waals surface area contributed by atoms with E-state index >= 15 is 0 Å². The van der Waals surface area contributed by atoms with Gasteiger partial charge < -0.3 is 4.74 Å². The lowest BCUT2D eigenvalue weighted by molar-refractivity contribution is 0.0808. The molecule has 1 atom stereocenters. The van der Waals surface area contributed by atoms with Crippen LogP contribution in [0.3, 0.4) is 0 Å². The minimum absolute atomic E-state index is 0.0532. The van der Waals surface area contributed by atoms with Crippen LogP contribution in [0.15, 0.2) is 35.7 Å². The quantitative estimate of drug-likeness (QED) is 0.422. The third kappa shape index (κ3) is 4.55. The molecular weight excluding hydrogens is 370 g/mol. The highest BCUT2D eigenvalue weighted by Gasteiger charge is 2.28. The number of ether oxygens (including phenoxy) is 1. The predicted octanol–water partition coefficient (Wildman–Crippen LogP) is 3.96. The Morgan fingerprint density at radius 3 is 2.85 bits per heavy atom. The Morgan fingerprint density at radius 1 is 1.38 bits per heavy atom. The lowest BCUT2D eigenvalue weighted by Crippen LogP contribution is -2.38. The van der Waals surface area contributed by atoms with Gasteiger partial charge in [0.1, 0.15) is 5.75 Å². The Hall–Kier alpha value is -1.63. The summed E-state index contributed by atoms with van der Waals surface area (Å²) in [5.74, 6) is 0.628. The van der Waals surface area contributed by atoms with E-state index in [4.69, 9.17) is 16.3 Å². The maximum absolute atomic E-state index is 13.0. The Kier molecular flexibility index (Phi) is 6.51. The zero-order chi connectivity index (χ0) is 18.5. The van der Waals surface area contributed by atoms with Crippen LogP contribution in [0.2, 0.25) is 5.02 Å². The standard InChI is InChI=1S/C19H22ClN3O2S/c1-25-17-6-5-15(20)8-16(17)18(24)14-4-3-7-23(12-14)11-13-9-21-19(26-2)22-10-13/h5-6,8-10,14H,3-4,7,11-12H2,1-2H3. The average molecular weight is 392 g/mol. The van der Waals surface area contributed by atoms with E-state index in [1.165, 1.54) is 11.8 Å². The number of rotatable bonds is 6. The molecule has 1 aromatic carbocycles. The van der Waals surface area contributed by atoms with Gasteiger partial charge in [-0.25, -0.2) is 9.97 Å². The number of carbonyl (C=O) groups excluding carboxylic acids is 1. The van der Waals surface area contributed by atoms with Gasteiger partial charge in [0.25, 0.3) is 0 Å².